The molecule has 0 aliphatic heterocycles. The molecule has 0 saturated heterocycles. The van der Waals surface area contributed by atoms with Gasteiger partial charge in [-0.2, -0.15) is 0 Å². The van der Waals surface area contributed by atoms with Crippen molar-refractivity contribution in [2.45, 2.75) is 19.4 Å². The Kier molecular flexibility index (Phi) is 5.16. The number of nitrogens with zero attached hydrogens (tertiary/aromatic N) is 1. The highest BCUT2D eigenvalue weighted by molar-refractivity contribution is 9.10. The van der Waals surface area contributed by atoms with E-state index in [9.17, 15) is 9.59 Å². The number of hydrogen-bond donors (Lipinski definition) is 2. The molecule has 0 bridgehead atoms. The highest BCUT2D eigenvalue weighted by atomic mass is 79.9. The molecule has 21 heavy (non-hydrogen) atoms. The van der Waals surface area contributed by atoms with Crippen LogP contribution in [-0.4, -0.2) is 10.5 Å². The molecule has 110 valence electrons. The molecule has 0 saturated carbocycles. The molecule has 0 spiro atoms. The van der Waals surface area contributed by atoms with Gasteiger partial charge in [-0.15, -0.1) is 0 Å². The molecule has 0 radical (unpaired) electrons. The van der Waals surface area contributed by atoms with Crippen LogP contribution in [0.25, 0.3) is 0 Å². The summed E-state index contributed by atoms with van der Waals surface area (Å²) in [7, 11) is 0. The number of carbonyl (C=O) groups excluding carboxylic acids is 1. The standard InChI is InChI=1S/C15H16BrN3O2/c16-11-3-8-15(21)19(10-11)9-1-2-14(20)18-13-6-4-12(17)5-7-13/h3-8,10H,1-2,9,17H2,(H,18,20). The second-order valence-corrected chi connectivity index (χ2v) is 5.57. The Bertz CT molecular complexity index is 680. The van der Waals surface area contributed by atoms with Crippen LogP contribution in [0, 0.1) is 0 Å². The van der Waals surface area contributed by atoms with Gasteiger partial charge in [0.2, 0.25) is 5.91 Å². The summed E-state index contributed by atoms with van der Waals surface area (Å²) in [5, 5.41) is 2.79. The quantitative estimate of drug-likeness (QED) is 0.814. The second-order valence-electron chi connectivity index (χ2n) is 4.65. The summed E-state index contributed by atoms with van der Waals surface area (Å²) < 4.78 is 2.43. The highest BCUT2D eigenvalue weighted by Crippen LogP contribution is 2.11. The van der Waals surface area contributed by atoms with Crippen molar-refractivity contribution in [3.05, 3.63) is 57.4 Å². The Balaban J connectivity index is 1.83. The van der Waals surface area contributed by atoms with Gasteiger partial charge in [0, 0.05) is 41.1 Å². The van der Waals surface area contributed by atoms with Crippen LogP contribution in [0.15, 0.2) is 51.9 Å². The van der Waals surface area contributed by atoms with Gasteiger partial charge < -0.3 is 15.6 Å². The van der Waals surface area contributed by atoms with Crippen molar-refractivity contribution in [2.24, 2.45) is 0 Å². The molecule has 1 heterocycles. The Hall–Kier alpha value is -2.08. The topological polar surface area (TPSA) is 77.1 Å². The fourth-order valence-electron chi connectivity index (χ4n) is 1.88. The molecule has 0 aliphatic carbocycles. The number of benzene rings is 1. The van der Waals surface area contributed by atoms with Gasteiger partial charge in [0.05, 0.1) is 0 Å². The summed E-state index contributed by atoms with van der Waals surface area (Å²) in [5.41, 5.74) is 6.88. The molecule has 0 aliphatic rings. The van der Waals surface area contributed by atoms with Crippen molar-refractivity contribution in [2.75, 3.05) is 11.1 Å². The van der Waals surface area contributed by atoms with Crippen molar-refractivity contribution in [3.63, 3.8) is 0 Å². The molecule has 1 amide bonds. The molecule has 0 unspecified atom stereocenters. The lowest BCUT2D eigenvalue weighted by Crippen LogP contribution is -2.19. The number of aromatic nitrogens is 1. The summed E-state index contributed by atoms with van der Waals surface area (Å²) in [5.74, 6) is -0.0807. The first-order valence-corrected chi connectivity index (χ1v) is 7.35. The third-order valence-corrected chi connectivity index (χ3v) is 3.41. The molecule has 6 heteroatoms. The van der Waals surface area contributed by atoms with E-state index >= 15 is 0 Å². The number of aryl methyl sites for hydroxylation is 1. The average molecular weight is 350 g/mol. The molecule has 2 aromatic rings. The Morgan fingerprint density at radius 3 is 2.62 bits per heavy atom. The van der Waals surface area contributed by atoms with E-state index in [-0.39, 0.29) is 11.5 Å². The molecule has 0 atom stereocenters. The largest absolute Gasteiger partial charge is 0.399 e. The predicted octanol–water partition coefficient (Wildman–Crippen LogP) is 2.61. The predicted molar refractivity (Wildman–Crippen MR) is 87.1 cm³/mol. The number of amides is 1. The average Bonchev–Trinajstić information content (AvgIpc) is 2.45. The third kappa shape index (κ3) is 4.75. The summed E-state index contributed by atoms with van der Waals surface area (Å²) in [6.07, 6.45) is 2.67. The van der Waals surface area contributed by atoms with E-state index in [0.717, 1.165) is 4.47 Å². The first kappa shape index (κ1) is 15.3. The molecule has 1 aromatic carbocycles. The van der Waals surface area contributed by atoms with Crippen molar-refractivity contribution >= 4 is 33.2 Å². The van der Waals surface area contributed by atoms with E-state index in [4.69, 9.17) is 5.73 Å². The van der Waals surface area contributed by atoms with Crippen molar-refractivity contribution in [1.82, 2.24) is 4.57 Å². The number of nitrogen functional groups attached to an aromatic ring is 1. The number of carbonyl (C=O) groups is 1. The number of nitrogens with one attached hydrogen (secondary N) is 1. The van der Waals surface area contributed by atoms with Crippen LogP contribution in [0.2, 0.25) is 0 Å². The summed E-state index contributed by atoms with van der Waals surface area (Å²) in [6, 6.07) is 10.2. The van der Waals surface area contributed by atoms with Gasteiger partial charge in [-0.3, -0.25) is 9.59 Å². The first-order valence-electron chi connectivity index (χ1n) is 6.56. The van der Waals surface area contributed by atoms with Crippen molar-refractivity contribution < 1.29 is 4.79 Å². The monoisotopic (exact) mass is 349 g/mol. The molecular weight excluding hydrogens is 334 g/mol. The lowest BCUT2D eigenvalue weighted by Gasteiger charge is -2.07. The number of nitrogens with two attached hydrogens (primary N) is 1. The van der Waals surface area contributed by atoms with Crippen LogP contribution < -0.4 is 16.6 Å². The minimum absolute atomic E-state index is 0.0721. The zero-order chi connectivity index (χ0) is 15.2. The number of anilines is 2. The van der Waals surface area contributed by atoms with Gasteiger partial charge in [0.25, 0.3) is 5.56 Å². The van der Waals surface area contributed by atoms with Crippen LogP contribution in [0.1, 0.15) is 12.8 Å². The number of pyridine rings is 1. The minimum atomic E-state index is -0.0807. The highest BCUT2D eigenvalue weighted by Gasteiger charge is 2.03. The first-order chi connectivity index (χ1) is 10.0. The number of hydrogen-bond acceptors (Lipinski definition) is 3. The van der Waals surface area contributed by atoms with Crippen LogP contribution in [0.5, 0.6) is 0 Å². The maximum atomic E-state index is 11.8. The lowest BCUT2D eigenvalue weighted by atomic mass is 10.2. The fraction of sp³-hybridized carbons (Fsp3) is 0.200. The molecule has 1 aromatic heterocycles. The molecule has 0 fully saturated rings. The number of rotatable bonds is 5. The van der Waals surface area contributed by atoms with Gasteiger partial charge in [-0.1, -0.05) is 0 Å². The fourth-order valence-corrected chi connectivity index (χ4v) is 2.26. The van der Waals surface area contributed by atoms with Gasteiger partial charge in [-0.05, 0) is 52.7 Å². The minimum Gasteiger partial charge on any atom is -0.399 e. The summed E-state index contributed by atoms with van der Waals surface area (Å²) in [6.45, 7) is 0.507. The normalized spacial score (nSPS) is 10.3. The van der Waals surface area contributed by atoms with E-state index in [1.54, 1.807) is 41.1 Å². The van der Waals surface area contributed by atoms with E-state index in [1.807, 2.05) is 0 Å². The Labute approximate surface area is 130 Å². The summed E-state index contributed by atoms with van der Waals surface area (Å²) in [4.78, 5) is 23.4. The molecule has 2 rings (SSSR count). The van der Waals surface area contributed by atoms with Gasteiger partial charge in [0.1, 0.15) is 0 Å². The van der Waals surface area contributed by atoms with Gasteiger partial charge in [-0.25, -0.2) is 0 Å². The third-order valence-electron chi connectivity index (χ3n) is 2.94. The van der Waals surface area contributed by atoms with Crippen LogP contribution >= 0.6 is 15.9 Å². The van der Waals surface area contributed by atoms with Crippen molar-refractivity contribution in [3.8, 4) is 0 Å². The Morgan fingerprint density at radius 1 is 1.19 bits per heavy atom. The SMILES string of the molecule is Nc1ccc(NC(=O)CCCn2cc(Br)ccc2=O)cc1. The molecule has 3 N–H and O–H groups in total. The van der Waals surface area contributed by atoms with E-state index in [2.05, 4.69) is 21.2 Å². The van der Waals surface area contributed by atoms with Crippen LogP contribution in [0.4, 0.5) is 11.4 Å². The van der Waals surface area contributed by atoms with Crippen molar-refractivity contribution in [1.29, 1.82) is 0 Å². The van der Waals surface area contributed by atoms with E-state index < -0.39 is 0 Å². The lowest BCUT2D eigenvalue weighted by molar-refractivity contribution is -0.116. The molecular formula is C15H16BrN3O2. The zero-order valence-corrected chi connectivity index (χ0v) is 13.0. The maximum absolute atomic E-state index is 11.8. The smallest absolute Gasteiger partial charge is 0.250 e. The Morgan fingerprint density at radius 2 is 1.90 bits per heavy atom. The van der Waals surface area contributed by atoms with E-state index in [0.29, 0.717) is 30.8 Å². The summed E-state index contributed by atoms with van der Waals surface area (Å²) >= 11 is 3.32. The van der Waals surface area contributed by atoms with Gasteiger partial charge in [0.15, 0.2) is 0 Å². The number of halogens is 1. The van der Waals surface area contributed by atoms with Gasteiger partial charge >= 0.3 is 0 Å². The van der Waals surface area contributed by atoms with Crippen LogP contribution in [-0.2, 0) is 11.3 Å². The van der Waals surface area contributed by atoms with E-state index in [1.165, 1.54) is 6.07 Å². The van der Waals surface area contributed by atoms with Crippen LogP contribution in [0.3, 0.4) is 0 Å². The molecule has 5 nitrogen and oxygen atoms in total. The maximum Gasteiger partial charge on any atom is 0.250 e. The second kappa shape index (κ2) is 7.08. The zero-order valence-electron chi connectivity index (χ0n) is 11.4.